The van der Waals surface area contributed by atoms with Crippen LogP contribution in [0.5, 0.6) is 0 Å². The van der Waals surface area contributed by atoms with Crippen LogP contribution in [-0.4, -0.2) is 19.6 Å². The van der Waals surface area contributed by atoms with Crippen molar-refractivity contribution in [2.24, 2.45) is 5.73 Å². The molecule has 1 aliphatic heterocycles. The number of nitrogens with zero attached hydrogens (tertiary/aromatic N) is 1. The van der Waals surface area contributed by atoms with E-state index in [2.05, 4.69) is 17.0 Å². The Kier molecular flexibility index (Phi) is 3.02. The molecule has 15 heavy (non-hydrogen) atoms. The topological polar surface area (TPSA) is 29.3 Å². The van der Waals surface area contributed by atoms with Gasteiger partial charge in [-0.15, -0.1) is 0 Å². The Bertz CT molecular complexity index is 374. The molecule has 0 fully saturated rings. The minimum absolute atomic E-state index is 0.287. The van der Waals surface area contributed by atoms with Crippen molar-refractivity contribution in [2.75, 3.05) is 24.5 Å². The van der Waals surface area contributed by atoms with Crippen molar-refractivity contribution in [3.63, 3.8) is 0 Å². The fraction of sp³-hybridized carbons (Fsp3) is 0.333. The molecule has 2 rings (SSSR count). The quantitative estimate of drug-likeness (QED) is 0.818. The predicted octanol–water partition coefficient (Wildman–Crippen LogP) is 1.86. The molecule has 3 heteroatoms. The lowest BCUT2D eigenvalue weighted by Crippen LogP contribution is -2.25. The number of fused-ring (bicyclic) bond motifs is 1. The van der Waals surface area contributed by atoms with Gasteiger partial charge in [-0.25, -0.2) is 4.39 Å². The number of rotatable bonds is 3. The van der Waals surface area contributed by atoms with Crippen LogP contribution in [0.4, 0.5) is 10.1 Å². The van der Waals surface area contributed by atoms with Gasteiger partial charge in [-0.1, -0.05) is 18.2 Å². The van der Waals surface area contributed by atoms with E-state index in [1.807, 2.05) is 12.1 Å². The van der Waals surface area contributed by atoms with Crippen molar-refractivity contribution in [1.29, 1.82) is 0 Å². The van der Waals surface area contributed by atoms with Gasteiger partial charge in [0.05, 0.1) is 6.33 Å². The largest absolute Gasteiger partial charge is 0.367 e. The van der Waals surface area contributed by atoms with Gasteiger partial charge in [0.25, 0.3) is 0 Å². The van der Waals surface area contributed by atoms with Gasteiger partial charge in [0.15, 0.2) is 0 Å². The molecule has 0 aliphatic carbocycles. The maximum atomic E-state index is 12.4. The maximum absolute atomic E-state index is 12.4. The Labute approximate surface area is 89.2 Å². The van der Waals surface area contributed by atoms with E-state index in [0.717, 1.165) is 13.0 Å². The molecule has 1 aromatic rings. The summed E-state index contributed by atoms with van der Waals surface area (Å²) < 4.78 is 12.4. The Morgan fingerprint density at radius 1 is 1.47 bits per heavy atom. The number of hydrogen-bond acceptors (Lipinski definition) is 2. The van der Waals surface area contributed by atoms with E-state index in [9.17, 15) is 4.39 Å². The van der Waals surface area contributed by atoms with Crippen LogP contribution in [0.25, 0.3) is 0 Å². The molecular weight excluding hydrogens is 191 g/mol. The van der Waals surface area contributed by atoms with Gasteiger partial charge in [0.2, 0.25) is 0 Å². The Balaban J connectivity index is 2.14. The number of hydrogen-bond donors (Lipinski definition) is 1. The summed E-state index contributed by atoms with van der Waals surface area (Å²) in [6.07, 6.45) is 1.67. The molecule has 2 nitrogen and oxygen atoms in total. The molecule has 0 spiro atoms. The van der Waals surface area contributed by atoms with Crippen LogP contribution in [0, 0.1) is 0 Å². The maximum Gasteiger partial charge on any atom is 0.0889 e. The number of para-hydroxylation sites is 1. The van der Waals surface area contributed by atoms with Gasteiger partial charge in [-0.2, -0.15) is 0 Å². The molecule has 0 bridgehead atoms. The summed E-state index contributed by atoms with van der Waals surface area (Å²) in [4.78, 5) is 2.17. The minimum Gasteiger partial charge on any atom is -0.367 e. The highest BCUT2D eigenvalue weighted by Crippen LogP contribution is 2.27. The molecule has 0 amide bonds. The number of benzene rings is 1. The zero-order chi connectivity index (χ0) is 10.7. The standard InChI is InChI=1S/C12H15FN2/c13-7-10(8-14)9-15-6-5-11-3-1-2-4-12(11)15/h1-4,7H,5-6,8-9,14H2/b10-7+. The lowest BCUT2D eigenvalue weighted by molar-refractivity contribution is 0.695. The normalized spacial score (nSPS) is 15.6. The van der Waals surface area contributed by atoms with Crippen molar-refractivity contribution in [1.82, 2.24) is 0 Å². The highest BCUT2D eigenvalue weighted by atomic mass is 19.1. The molecule has 0 unspecified atom stereocenters. The molecule has 1 aromatic carbocycles. The van der Waals surface area contributed by atoms with Crippen LogP contribution in [-0.2, 0) is 6.42 Å². The molecule has 1 aliphatic rings. The first-order chi connectivity index (χ1) is 7.35. The van der Waals surface area contributed by atoms with Crippen LogP contribution in [0.1, 0.15) is 5.56 Å². The molecule has 80 valence electrons. The van der Waals surface area contributed by atoms with Crippen molar-refractivity contribution in [3.8, 4) is 0 Å². The highest BCUT2D eigenvalue weighted by Gasteiger charge is 2.18. The second-order valence-electron chi connectivity index (χ2n) is 3.77. The lowest BCUT2D eigenvalue weighted by atomic mass is 10.2. The monoisotopic (exact) mass is 206 g/mol. The van der Waals surface area contributed by atoms with Crippen molar-refractivity contribution >= 4 is 5.69 Å². The Morgan fingerprint density at radius 2 is 2.27 bits per heavy atom. The first-order valence-electron chi connectivity index (χ1n) is 5.16. The molecule has 2 N–H and O–H groups in total. The predicted molar refractivity (Wildman–Crippen MR) is 60.6 cm³/mol. The van der Waals surface area contributed by atoms with Crippen molar-refractivity contribution in [3.05, 3.63) is 41.7 Å². The molecule has 0 saturated heterocycles. The third-order valence-corrected chi connectivity index (χ3v) is 2.79. The van der Waals surface area contributed by atoms with E-state index >= 15 is 0 Å². The molecule has 0 radical (unpaired) electrons. The first kappa shape index (κ1) is 10.2. The van der Waals surface area contributed by atoms with Crippen molar-refractivity contribution in [2.45, 2.75) is 6.42 Å². The SMILES string of the molecule is NC/C(=C\F)CN1CCc2ccccc21. The number of anilines is 1. The average molecular weight is 206 g/mol. The summed E-state index contributed by atoms with van der Waals surface area (Å²) in [5.41, 5.74) is 8.65. The van der Waals surface area contributed by atoms with Crippen molar-refractivity contribution < 1.29 is 4.39 Å². The molecule has 1 heterocycles. The van der Waals surface area contributed by atoms with Crippen LogP contribution in [0.2, 0.25) is 0 Å². The fourth-order valence-corrected chi connectivity index (χ4v) is 1.96. The summed E-state index contributed by atoms with van der Waals surface area (Å²) >= 11 is 0. The van der Waals surface area contributed by atoms with Gasteiger partial charge in [0.1, 0.15) is 0 Å². The van der Waals surface area contributed by atoms with E-state index in [4.69, 9.17) is 5.73 Å². The number of nitrogens with two attached hydrogens (primary N) is 1. The van der Waals surface area contributed by atoms with E-state index in [1.54, 1.807) is 0 Å². The Morgan fingerprint density at radius 3 is 3.00 bits per heavy atom. The van der Waals surface area contributed by atoms with Crippen LogP contribution >= 0.6 is 0 Å². The van der Waals surface area contributed by atoms with Gasteiger partial charge < -0.3 is 10.6 Å². The van der Waals surface area contributed by atoms with Gasteiger partial charge in [0, 0.05) is 25.3 Å². The van der Waals surface area contributed by atoms with Crippen LogP contribution < -0.4 is 10.6 Å². The first-order valence-corrected chi connectivity index (χ1v) is 5.16. The summed E-state index contributed by atoms with van der Waals surface area (Å²) in [6.45, 7) is 1.84. The average Bonchev–Trinajstić information content (AvgIpc) is 2.69. The number of halogens is 1. The summed E-state index contributed by atoms with van der Waals surface area (Å²) in [7, 11) is 0. The van der Waals surface area contributed by atoms with E-state index in [1.165, 1.54) is 11.3 Å². The van der Waals surface area contributed by atoms with Gasteiger partial charge in [-0.05, 0) is 23.6 Å². The zero-order valence-electron chi connectivity index (χ0n) is 8.62. The van der Waals surface area contributed by atoms with E-state index < -0.39 is 0 Å². The summed E-state index contributed by atoms with van der Waals surface area (Å²) in [5.74, 6) is 0. The second kappa shape index (κ2) is 4.45. The lowest BCUT2D eigenvalue weighted by Gasteiger charge is -2.19. The third kappa shape index (κ3) is 2.02. The molecular formula is C12H15FN2. The van der Waals surface area contributed by atoms with E-state index in [-0.39, 0.29) is 6.54 Å². The fourth-order valence-electron chi connectivity index (χ4n) is 1.96. The second-order valence-corrected chi connectivity index (χ2v) is 3.77. The smallest absolute Gasteiger partial charge is 0.0889 e. The minimum atomic E-state index is 0.287. The Hall–Kier alpha value is -1.35. The summed E-state index contributed by atoms with van der Waals surface area (Å²) in [6, 6.07) is 8.25. The summed E-state index contributed by atoms with van der Waals surface area (Å²) in [5, 5.41) is 0. The zero-order valence-corrected chi connectivity index (χ0v) is 8.62. The highest BCUT2D eigenvalue weighted by molar-refractivity contribution is 5.58. The molecule has 0 saturated carbocycles. The van der Waals surface area contributed by atoms with E-state index in [0.29, 0.717) is 18.4 Å². The van der Waals surface area contributed by atoms with Crippen LogP contribution in [0.3, 0.4) is 0 Å². The molecule has 0 atom stereocenters. The van der Waals surface area contributed by atoms with Gasteiger partial charge in [-0.3, -0.25) is 0 Å². The molecule has 0 aromatic heterocycles. The van der Waals surface area contributed by atoms with Crippen LogP contribution in [0.15, 0.2) is 36.2 Å². The third-order valence-electron chi connectivity index (χ3n) is 2.79. The van der Waals surface area contributed by atoms with Gasteiger partial charge >= 0.3 is 0 Å².